The summed E-state index contributed by atoms with van der Waals surface area (Å²) in [6, 6.07) is 9.89. The third-order valence-corrected chi connectivity index (χ3v) is 6.30. The smallest absolute Gasteiger partial charge is 0.322 e. The molecular weight excluding hydrogens is 426 g/mol. The quantitative estimate of drug-likeness (QED) is 0.479. The van der Waals surface area contributed by atoms with Gasteiger partial charge in [-0.2, -0.15) is 0 Å². The molecule has 1 fully saturated rings. The molecule has 5 amide bonds. The van der Waals surface area contributed by atoms with Crippen LogP contribution in [0, 0.1) is 0 Å². The summed E-state index contributed by atoms with van der Waals surface area (Å²) in [4.78, 5) is 52.0. The number of carbonyl (C=O) groups is 4. The van der Waals surface area contributed by atoms with E-state index in [0.717, 1.165) is 29.8 Å². The molecule has 3 aliphatic rings. The van der Waals surface area contributed by atoms with E-state index in [1.165, 1.54) is 4.90 Å². The van der Waals surface area contributed by atoms with E-state index in [2.05, 4.69) is 21.3 Å². The van der Waals surface area contributed by atoms with Crippen LogP contribution >= 0.6 is 0 Å². The van der Waals surface area contributed by atoms with Crippen molar-refractivity contribution in [3.8, 4) is 5.75 Å². The van der Waals surface area contributed by atoms with Gasteiger partial charge in [0, 0.05) is 29.9 Å². The fourth-order valence-electron chi connectivity index (χ4n) is 4.52. The molecule has 3 aliphatic heterocycles. The molecule has 0 bridgehead atoms. The first-order valence-electron chi connectivity index (χ1n) is 10.6. The van der Waals surface area contributed by atoms with Crippen LogP contribution in [-0.2, 0) is 17.8 Å². The van der Waals surface area contributed by atoms with Crippen LogP contribution in [0.5, 0.6) is 5.75 Å². The van der Waals surface area contributed by atoms with Gasteiger partial charge in [-0.15, -0.1) is 0 Å². The van der Waals surface area contributed by atoms with E-state index in [0.29, 0.717) is 16.9 Å². The number of anilines is 1. The second-order valence-corrected chi connectivity index (χ2v) is 8.41. The minimum Gasteiger partial charge on any atom is -0.497 e. The van der Waals surface area contributed by atoms with Crippen molar-refractivity contribution in [2.75, 3.05) is 32.1 Å². The summed E-state index contributed by atoms with van der Waals surface area (Å²) < 4.78 is 5.23. The summed E-state index contributed by atoms with van der Waals surface area (Å²) in [5, 5.41) is 10.8. The molecule has 2 aromatic rings. The minimum atomic E-state index is -1.48. The van der Waals surface area contributed by atoms with Gasteiger partial charge in [0.25, 0.3) is 17.7 Å². The zero-order valence-electron chi connectivity index (χ0n) is 18.0. The van der Waals surface area contributed by atoms with Gasteiger partial charge in [-0.05, 0) is 47.9 Å². The first kappa shape index (κ1) is 20.8. The third-order valence-electron chi connectivity index (χ3n) is 6.30. The number of urea groups is 1. The van der Waals surface area contributed by atoms with Gasteiger partial charge in [0.2, 0.25) is 0 Å². The second-order valence-electron chi connectivity index (χ2n) is 8.41. The van der Waals surface area contributed by atoms with Crippen LogP contribution in [0.3, 0.4) is 0 Å². The summed E-state index contributed by atoms with van der Waals surface area (Å²) >= 11 is 0. The van der Waals surface area contributed by atoms with Gasteiger partial charge in [0.15, 0.2) is 5.54 Å². The van der Waals surface area contributed by atoms with Gasteiger partial charge in [0.05, 0.1) is 20.2 Å². The van der Waals surface area contributed by atoms with E-state index in [-0.39, 0.29) is 31.4 Å². The summed E-state index contributed by atoms with van der Waals surface area (Å²) in [7, 11) is 1.55. The summed E-state index contributed by atoms with van der Waals surface area (Å²) in [6.07, 6.45) is 0.907. The molecule has 2 aromatic carbocycles. The van der Waals surface area contributed by atoms with Crippen LogP contribution < -0.4 is 26.0 Å². The van der Waals surface area contributed by atoms with Crippen molar-refractivity contribution in [2.24, 2.45) is 0 Å². The van der Waals surface area contributed by atoms with E-state index < -0.39 is 17.5 Å². The SMILES string of the molecule is COc1ccc2c(c1)CN(CC1(CNC(=O)c3ccc4c(c3)NCC4)NC(=O)NC1=O)C2=O. The summed E-state index contributed by atoms with van der Waals surface area (Å²) in [5.41, 5.74) is 2.32. The van der Waals surface area contributed by atoms with Crippen molar-refractivity contribution in [3.63, 3.8) is 0 Å². The van der Waals surface area contributed by atoms with Gasteiger partial charge in [-0.3, -0.25) is 19.7 Å². The normalized spacial score (nSPS) is 20.6. The van der Waals surface area contributed by atoms with E-state index in [1.54, 1.807) is 37.4 Å². The molecule has 0 spiro atoms. The molecule has 5 rings (SSSR count). The van der Waals surface area contributed by atoms with Crippen LogP contribution in [0.25, 0.3) is 0 Å². The Morgan fingerprint density at radius 1 is 1.15 bits per heavy atom. The highest BCUT2D eigenvalue weighted by atomic mass is 16.5. The maximum Gasteiger partial charge on any atom is 0.322 e. The highest BCUT2D eigenvalue weighted by Gasteiger charge is 2.49. The first-order chi connectivity index (χ1) is 15.9. The molecule has 3 heterocycles. The Bertz CT molecular complexity index is 1200. The molecular formula is C23H23N5O5. The molecule has 1 unspecified atom stereocenters. The minimum absolute atomic E-state index is 0.0908. The lowest BCUT2D eigenvalue weighted by atomic mass is 9.98. The molecule has 10 heteroatoms. The highest BCUT2D eigenvalue weighted by molar-refractivity contribution is 6.08. The van der Waals surface area contributed by atoms with E-state index in [1.807, 2.05) is 6.07 Å². The fraction of sp³-hybridized carbons (Fsp3) is 0.304. The van der Waals surface area contributed by atoms with Crippen LogP contribution in [0.4, 0.5) is 10.5 Å². The predicted molar refractivity (Wildman–Crippen MR) is 118 cm³/mol. The number of hydrogen-bond acceptors (Lipinski definition) is 6. The maximum atomic E-state index is 12.9. The zero-order chi connectivity index (χ0) is 23.2. The predicted octanol–water partition coefficient (Wildman–Crippen LogP) is 0.627. The lowest BCUT2D eigenvalue weighted by molar-refractivity contribution is -0.124. The number of imide groups is 1. The Morgan fingerprint density at radius 3 is 2.76 bits per heavy atom. The Morgan fingerprint density at radius 2 is 2.00 bits per heavy atom. The number of nitrogens with zero attached hydrogens (tertiary/aromatic N) is 1. The summed E-state index contributed by atoms with van der Waals surface area (Å²) in [5.74, 6) is -0.594. The Balaban J connectivity index is 1.34. The Hall–Kier alpha value is -4.08. The van der Waals surface area contributed by atoms with Crippen molar-refractivity contribution >= 4 is 29.4 Å². The van der Waals surface area contributed by atoms with Crippen molar-refractivity contribution in [1.82, 2.24) is 20.9 Å². The number of rotatable bonds is 6. The van der Waals surface area contributed by atoms with Crippen LogP contribution in [-0.4, -0.2) is 60.9 Å². The molecule has 10 nitrogen and oxygen atoms in total. The number of fused-ring (bicyclic) bond motifs is 2. The van der Waals surface area contributed by atoms with Gasteiger partial charge >= 0.3 is 6.03 Å². The molecule has 0 aliphatic carbocycles. The Labute approximate surface area is 189 Å². The largest absolute Gasteiger partial charge is 0.497 e. The standard InChI is InChI=1S/C23H23N5O5/c1-33-16-4-5-17-15(8-16)10-28(20(17)30)12-23(21(31)26-22(32)27-23)11-25-19(29)14-3-2-13-6-7-24-18(13)9-14/h2-5,8-9,24H,6-7,10-12H2,1H3,(H,25,29)(H2,26,27,31,32). The molecule has 0 saturated carbocycles. The molecule has 0 radical (unpaired) electrons. The third kappa shape index (κ3) is 3.63. The van der Waals surface area contributed by atoms with Crippen molar-refractivity contribution < 1.29 is 23.9 Å². The van der Waals surface area contributed by atoms with Crippen LogP contribution in [0.15, 0.2) is 36.4 Å². The molecule has 4 N–H and O–H groups in total. The van der Waals surface area contributed by atoms with Crippen molar-refractivity contribution in [1.29, 1.82) is 0 Å². The van der Waals surface area contributed by atoms with Gasteiger partial charge in [-0.25, -0.2) is 4.79 Å². The average Bonchev–Trinajstić information content (AvgIpc) is 3.47. The number of hydrogen-bond donors (Lipinski definition) is 4. The lowest BCUT2D eigenvalue weighted by Crippen LogP contribution is -2.61. The van der Waals surface area contributed by atoms with Gasteiger partial charge < -0.3 is 25.6 Å². The topological polar surface area (TPSA) is 129 Å². The maximum absolute atomic E-state index is 12.9. The van der Waals surface area contributed by atoms with Crippen molar-refractivity contribution in [2.45, 2.75) is 18.5 Å². The lowest BCUT2D eigenvalue weighted by Gasteiger charge is -2.31. The zero-order valence-corrected chi connectivity index (χ0v) is 18.0. The molecule has 170 valence electrons. The van der Waals surface area contributed by atoms with Gasteiger partial charge in [-0.1, -0.05) is 6.07 Å². The number of carbonyl (C=O) groups excluding carboxylic acids is 4. The number of amides is 5. The molecule has 1 atom stereocenters. The Kier molecular flexibility index (Phi) is 4.92. The van der Waals surface area contributed by atoms with Crippen LogP contribution in [0.1, 0.15) is 31.8 Å². The van der Waals surface area contributed by atoms with E-state index in [4.69, 9.17) is 4.74 Å². The molecule has 0 aromatic heterocycles. The number of ether oxygens (including phenoxy) is 1. The van der Waals surface area contributed by atoms with Crippen molar-refractivity contribution in [3.05, 3.63) is 58.7 Å². The first-order valence-corrected chi connectivity index (χ1v) is 10.6. The summed E-state index contributed by atoms with van der Waals surface area (Å²) in [6.45, 7) is 0.832. The molecule has 1 saturated heterocycles. The second kappa shape index (κ2) is 7.80. The average molecular weight is 449 g/mol. The van der Waals surface area contributed by atoms with E-state index in [9.17, 15) is 19.2 Å². The molecule has 33 heavy (non-hydrogen) atoms. The number of benzene rings is 2. The monoisotopic (exact) mass is 449 g/mol. The highest BCUT2D eigenvalue weighted by Crippen LogP contribution is 2.28. The van der Waals surface area contributed by atoms with Crippen LogP contribution in [0.2, 0.25) is 0 Å². The number of methoxy groups -OCH3 is 1. The van der Waals surface area contributed by atoms with Gasteiger partial charge in [0.1, 0.15) is 5.75 Å². The fourth-order valence-corrected chi connectivity index (χ4v) is 4.52. The van der Waals surface area contributed by atoms with E-state index >= 15 is 0 Å². The number of nitrogens with one attached hydrogen (secondary N) is 4.